The van der Waals surface area contributed by atoms with Crippen LogP contribution in [-0.2, 0) is 6.54 Å². The van der Waals surface area contributed by atoms with Crippen molar-refractivity contribution in [1.82, 2.24) is 4.90 Å². The van der Waals surface area contributed by atoms with E-state index in [1.165, 1.54) is 11.1 Å². The minimum Gasteiger partial charge on any atom is -0.326 e. The van der Waals surface area contributed by atoms with Gasteiger partial charge in [-0.2, -0.15) is 0 Å². The fraction of sp³-hybridized carbons (Fsp3) is 0.538. The maximum atomic E-state index is 6.02. The summed E-state index contributed by atoms with van der Waals surface area (Å²) in [7, 11) is 0. The summed E-state index contributed by atoms with van der Waals surface area (Å²) in [6, 6.07) is 8.95. The fourth-order valence-corrected chi connectivity index (χ4v) is 2.25. The maximum absolute atomic E-state index is 6.02. The SMILES string of the molecule is Cc1ccccc1CN1CC(C)C(N)C1. The van der Waals surface area contributed by atoms with Gasteiger partial charge in [-0.1, -0.05) is 31.2 Å². The van der Waals surface area contributed by atoms with E-state index in [1.54, 1.807) is 0 Å². The number of hydrogen-bond acceptors (Lipinski definition) is 2. The second-order valence-corrected chi connectivity index (χ2v) is 4.76. The molecule has 2 atom stereocenters. The van der Waals surface area contributed by atoms with Crippen molar-refractivity contribution in [2.75, 3.05) is 13.1 Å². The molecule has 1 saturated heterocycles. The fourth-order valence-electron chi connectivity index (χ4n) is 2.25. The highest BCUT2D eigenvalue weighted by Gasteiger charge is 2.26. The zero-order valence-corrected chi connectivity index (χ0v) is 9.61. The van der Waals surface area contributed by atoms with Crippen molar-refractivity contribution in [3.8, 4) is 0 Å². The van der Waals surface area contributed by atoms with Gasteiger partial charge in [0.2, 0.25) is 0 Å². The third-order valence-electron chi connectivity index (χ3n) is 3.40. The highest BCUT2D eigenvalue weighted by molar-refractivity contribution is 5.25. The molecular weight excluding hydrogens is 184 g/mol. The molecular formula is C13H20N2. The van der Waals surface area contributed by atoms with Crippen molar-refractivity contribution in [3.05, 3.63) is 35.4 Å². The Balaban J connectivity index is 2.01. The lowest BCUT2D eigenvalue weighted by atomic mass is 10.1. The first-order valence-corrected chi connectivity index (χ1v) is 5.69. The summed E-state index contributed by atoms with van der Waals surface area (Å²) < 4.78 is 0. The van der Waals surface area contributed by atoms with Crippen LogP contribution in [0.15, 0.2) is 24.3 Å². The van der Waals surface area contributed by atoms with Gasteiger partial charge in [-0.25, -0.2) is 0 Å². The summed E-state index contributed by atoms with van der Waals surface area (Å²) in [6.07, 6.45) is 0. The molecule has 1 aliphatic heterocycles. The molecule has 2 N–H and O–H groups in total. The Kier molecular flexibility index (Phi) is 3.08. The molecule has 1 aromatic carbocycles. The summed E-state index contributed by atoms with van der Waals surface area (Å²) >= 11 is 0. The van der Waals surface area contributed by atoms with Crippen molar-refractivity contribution >= 4 is 0 Å². The van der Waals surface area contributed by atoms with Crippen molar-refractivity contribution in [2.45, 2.75) is 26.4 Å². The van der Waals surface area contributed by atoms with Gasteiger partial charge in [0.1, 0.15) is 0 Å². The molecule has 1 heterocycles. The van der Waals surface area contributed by atoms with Crippen LogP contribution in [0.1, 0.15) is 18.1 Å². The van der Waals surface area contributed by atoms with E-state index < -0.39 is 0 Å². The largest absolute Gasteiger partial charge is 0.326 e. The van der Waals surface area contributed by atoms with E-state index in [4.69, 9.17) is 5.73 Å². The zero-order valence-electron chi connectivity index (χ0n) is 9.61. The molecule has 0 saturated carbocycles. The first-order chi connectivity index (χ1) is 7.16. The molecule has 0 aliphatic carbocycles. The summed E-state index contributed by atoms with van der Waals surface area (Å²) in [4.78, 5) is 2.46. The zero-order chi connectivity index (χ0) is 10.8. The number of rotatable bonds is 2. The van der Waals surface area contributed by atoms with E-state index >= 15 is 0 Å². The topological polar surface area (TPSA) is 29.3 Å². The van der Waals surface area contributed by atoms with Crippen molar-refractivity contribution in [3.63, 3.8) is 0 Å². The minimum atomic E-state index is 0.356. The standard InChI is InChI=1S/C13H20N2/c1-10-5-3-4-6-12(10)8-15-7-11(2)13(14)9-15/h3-6,11,13H,7-9,14H2,1-2H3. The Morgan fingerprint density at radius 2 is 2.07 bits per heavy atom. The molecule has 0 radical (unpaired) electrons. The summed E-state index contributed by atoms with van der Waals surface area (Å²) in [5.74, 6) is 0.633. The molecule has 82 valence electrons. The number of likely N-dealkylation sites (tertiary alicyclic amines) is 1. The number of hydrogen-bond donors (Lipinski definition) is 1. The second kappa shape index (κ2) is 4.33. The Bertz CT molecular complexity index is 325. The number of nitrogens with two attached hydrogens (primary N) is 1. The van der Waals surface area contributed by atoms with Crippen LogP contribution in [0.4, 0.5) is 0 Å². The molecule has 0 aromatic heterocycles. The normalized spacial score (nSPS) is 27.1. The lowest BCUT2D eigenvalue weighted by Gasteiger charge is -2.16. The lowest BCUT2D eigenvalue weighted by molar-refractivity contribution is 0.318. The molecule has 2 heteroatoms. The van der Waals surface area contributed by atoms with Gasteiger partial charge in [0.15, 0.2) is 0 Å². The van der Waals surface area contributed by atoms with E-state index in [0.717, 1.165) is 19.6 Å². The van der Waals surface area contributed by atoms with Crippen LogP contribution in [0.5, 0.6) is 0 Å². The maximum Gasteiger partial charge on any atom is 0.0237 e. The molecule has 2 nitrogen and oxygen atoms in total. The van der Waals surface area contributed by atoms with Crippen LogP contribution in [0, 0.1) is 12.8 Å². The first kappa shape index (κ1) is 10.7. The van der Waals surface area contributed by atoms with Gasteiger partial charge in [-0.3, -0.25) is 4.90 Å². The third-order valence-corrected chi connectivity index (χ3v) is 3.40. The average molecular weight is 204 g/mol. The van der Waals surface area contributed by atoms with Crippen molar-refractivity contribution < 1.29 is 0 Å². The predicted molar refractivity (Wildman–Crippen MR) is 63.6 cm³/mol. The highest BCUT2D eigenvalue weighted by atomic mass is 15.2. The number of benzene rings is 1. The van der Waals surface area contributed by atoms with E-state index in [0.29, 0.717) is 12.0 Å². The van der Waals surface area contributed by atoms with Gasteiger partial charge < -0.3 is 5.73 Å². The monoisotopic (exact) mass is 204 g/mol. The van der Waals surface area contributed by atoms with Crippen molar-refractivity contribution in [1.29, 1.82) is 0 Å². The van der Waals surface area contributed by atoms with Gasteiger partial charge in [-0.15, -0.1) is 0 Å². The highest BCUT2D eigenvalue weighted by Crippen LogP contribution is 2.18. The van der Waals surface area contributed by atoms with Gasteiger partial charge in [0.25, 0.3) is 0 Å². The predicted octanol–water partition coefficient (Wildman–Crippen LogP) is 1.77. The smallest absolute Gasteiger partial charge is 0.0237 e. The molecule has 1 fully saturated rings. The molecule has 2 rings (SSSR count). The Morgan fingerprint density at radius 3 is 2.67 bits per heavy atom. The van der Waals surface area contributed by atoms with Crippen LogP contribution < -0.4 is 5.73 Å². The van der Waals surface area contributed by atoms with E-state index in [9.17, 15) is 0 Å². The Labute approximate surface area is 92.1 Å². The lowest BCUT2D eigenvalue weighted by Crippen LogP contribution is -2.28. The number of nitrogens with zero attached hydrogens (tertiary/aromatic N) is 1. The van der Waals surface area contributed by atoms with Gasteiger partial charge in [0.05, 0.1) is 0 Å². The molecule has 1 aliphatic rings. The molecule has 0 bridgehead atoms. The van der Waals surface area contributed by atoms with Gasteiger partial charge >= 0.3 is 0 Å². The Hall–Kier alpha value is -0.860. The van der Waals surface area contributed by atoms with Crippen LogP contribution in [-0.4, -0.2) is 24.0 Å². The average Bonchev–Trinajstić information content (AvgIpc) is 2.50. The second-order valence-electron chi connectivity index (χ2n) is 4.76. The molecule has 1 aromatic rings. The molecule has 15 heavy (non-hydrogen) atoms. The van der Waals surface area contributed by atoms with E-state index in [1.807, 2.05) is 0 Å². The summed E-state index contributed by atoms with van der Waals surface area (Å²) in [6.45, 7) is 7.63. The van der Waals surface area contributed by atoms with Crippen LogP contribution in [0.25, 0.3) is 0 Å². The quantitative estimate of drug-likeness (QED) is 0.795. The Morgan fingerprint density at radius 1 is 1.33 bits per heavy atom. The van der Waals surface area contributed by atoms with E-state index in [2.05, 4.69) is 43.0 Å². The number of aryl methyl sites for hydroxylation is 1. The van der Waals surface area contributed by atoms with Crippen molar-refractivity contribution in [2.24, 2.45) is 11.7 Å². The summed E-state index contributed by atoms with van der Waals surface area (Å²) in [5, 5.41) is 0. The van der Waals surface area contributed by atoms with Crippen LogP contribution >= 0.6 is 0 Å². The van der Waals surface area contributed by atoms with E-state index in [-0.39, 0.29) is 0 Å². The minimum absolute atomic E-state index is 0.356. The molecule has 0 amide bonds. The molecule has 0 spiro atoms. The third kappa shape index (κ3) is 2.39. The van der Waals surface area contributed by atoms with Gasteiger partial charge in [-0.05, 0) is 24.0 Å². The summed E-state index contributed by atoms with van der Waals surface area (Å²) in [5.41, 5.74) is 8.83. The van der Waals surface area contributed by atoms with Crippen LogP contribution in [0.3, 0.4) is 0 Å². The van der Waals surface area contributed by atoms with Gasteiger partial charge in [0, 0.05) is 25.7 Å². The van der Waals surface area contributed by atoms with Crippen LogP contribution in [0.2, 0.25) is 0 Å². The first-order valence-electron chi connectivity index (χ1n) is 5.69. The molecule has 2 unspecified atom stereocenters.